The smallest absolute Gasteiger partial charge is 0.406 e. The van der Waals surface area contributed by atoms with Gasteiger partial charge in [0.05, 0.1) is 19.0 Å². The Morgan fingerprint density at radius 1 is 1.39 bits per heavy atom. The third-order valence-electron chi connectivity index (χ3n) is 5.42. The van der Waals surface area contributed by atoms with Crippen LogP contribution in [0.4, 0.5) is 10.2 Å². The van der Waals surface area contributed by atoms with Crippen LogP contribution in [-0.2, 0) is 27.9 Å². The summed E-state index contributed by atoms with van der Waals surface area (Å²) >= 11 is 0. The molecular weight excluding hydrogens is 458 g/mol. The highest BCUT2D eigenvalue weighted by Crippen LogP contribution is 2.57. The van der Waals surface area contributed by atoms with Gasteiger partial charge in [-0.05, 0) is 34.6 Å². The third-order valence-corrected chi connectivity index (χ3v) is 7.12. The van der Waals surface area contributed by atoms with Crippen molar-refractivity contribution in [1.82, 2.24) is 24.6 Å². The van der Waals surface area contributed by atoms with E-state index in [4.69, 9.17) is 18.5 Å². The maximum Gasteiger partial charge on any atom is 0.406 e. The van der Waals surface area contributed by atoms with Crippen LogP contribution in [0.5, 0.6) is 0 Å². The van der Waals surface area contributed by atoms with Crippen molar-refractivity contribution in [1.29, 1.82) is 0 Å². The maximum atomic E-state index is 16.1. The molecule has 0 spiro atoms. The van der Waals surface area contributed by atoms with Crippen LogP contribution in [0.2, 0.25) is 0 Å². The first kappa shape index (κ1) is 24.0. The van der Waals surface area contributed by atoms with Gasteiger partial charge in [-0.2, -0.15) is 0 Å². The minimum Gasteiger partial charge on any atom is -0.462 e. The number of nitrogens with one attached hydrogen (secondary N) is 2. The van der Waals surface area contributed by atoms with Gasteiger partial charge in [0.2, 0.25) is 0 Å². The minimum absolute atomic E-state index is 0.195. The first-order valence-electron chi connectivity index (χ1n) is 10.6. The highest BCUT2D eigenvalue weighted by molar-refractivity contribution is 7.51. The standard InChI is InChI=1S/C19H28FN6O6P/c1-9(2)30-17(27)10(3)25-33(28)29-7-12-14(32-33)19(5,20)18(31-12)26-8-22-13-15(21-6)23-11(4)24-16(13)26/h8-10,12,14,18H,7H2,1-6H3,(H,25,28)(H,21,23,24)/t10-,12+,14+,18+,19+,33?/m0/s1. The Labute approximate surface area is 190 Å². The largest absolute Gasteiger partial charge is 0.462 e. The van der Waals surface area contributed by atoms with Gasteiger partial charge in [-0.25, -0.2) is 29.0 Å². The summed E-state index contributed by atoms with van der Waals surface area (Å²) in [6.07, 6.45) is -2.17. The number of aromatic nitrogens is 4. The minimum atomic E-state index is -4.02. The number of anilines is 1. The van der Waals surface area contributed by atoms with Crippen LogP contribution in [0.25, 0.3) is 11.2 Å². The molecule has 0 bridgehead atoms. The molecule has 2 saturated heterocycles. The molecule has 12 nitrogen and oxygen atoms in total. The van der Waals surface area contributed by atoms with Crippen molar-refractivity contribution in [3.05, 3.63) is 12.2 Å². The van der Waals surface area contributed by atoms with Crippen LogP contribution in [0.3, 0.4) is 0 Å². The van der Waals surface area contributed by atoms with Gasteiger partial charge in [0.15, 0.2) is 28.9 Å². The zero-order valence-electron chi connectivity index (χ0n) is 19.2. The monoisotopic (exact) mass is 486 g/mol. The molecule has 2 aromatic heterocycles. The summed E-state index contributed by atoms with van der Waals surface area (Å²) in [6.45, 7) is 7.67. The van der Waals surface area contributed by atoms with Gasteiger partial charge in [-0.3, -0.25) is 18.4 Å². The van der Waals surface area contributed by atoms with Crippen molar-refractivity contribution in [2.24, 2.45) is 0 Å². The highest BCUT2D eigenvalue weighted by Gasteiger charge is 2.61. The van der Waals surface area contributed by atoms with Crippen LogP contribution < -0.4 is 10.4 Å². The molecule has 2 N–H and O–H groups in total. The van der Waals surface area contributed by atoms with Gasteiger partial charge in [0.25, 0.3) is 0 Å². The zero-order chi connectivity index (χ0) is 24.1. The Morgan fingerprint density at radius 2 is 2.12 bits per heavy atom. The predicted molar refractivity (Wildman–Crippen MR) is 115 cm³/mol. The van der Waals surface area contributed by atoms with Crippen LogP contribution in [-0.4, -0.2) is 69.2 Å². The molecule has 1 unspecified atom stereocenters. The van der Waals surface area contributed by atoms with Crippen molar-refractivity contribution in [2.45, 2.75) is 70.9 Å². The van der Waals surface area contributed by atoms with Crippen molar-refractivity contribution in [2.75, 3.05) is 19.0 Å². The summed E-state index contributed by atoms with van der Waals surface area (Å²) in [7, 11) is -2.32. The fraction of sp³-hybridized carbons (Fsp3) is 0.684. The van der Waals surface area contributed by atoms with Crippen LogP contribution in [0, 0.1) is 6.92 Å². The van der Waals surface area contributed by atoms with E-state index in [1.54, 1.807) is 27.8 Å². The van der Waals surface area contributed by atoms with E-state index in [9.17, 15) is 9.36 Å². The second-order valence-electron chi connectivity index (χ2n) is 8.53. The molecule has 14 heteroatoms. The summed E-state index contributed by atoms with van der Waals surface area (Å²) in [5, 5.41) is 5.46. The van der Waals surface area contributed by atoms with E-state index in [1.165, 1.54) is 24.7 Å². The average molecular weight is 486 g/mol. The van der Waals surface area contributed by atoms with Gasteiger partial charge in [0.1, 0.15) is 24.1 Å². The molecule has 0 radical (unpaired) electrons. The molecule has 6 atom stereocenters. The normalized spacial score (nSPS) is 32.7. The molecule has 182 valence electrons. The van der Waals surface area contributed by atoms with E-state index in [2.05, 4.69) is 25.4 Å². The number of ether oxygens (including phenoxy) is 2. The fourth-order valence-electron chi connectivity index (χ4n) is 3.92. The molecule has 2 aromatic rings. The number of fused-ring (bicyclic) bond motifs is 2. The summed E-state index contributed by atoms with van der Waals surface area (Å²) in [4.78, 5) is 25.1. The van der Waals surface area contributed by atoms with E-state index in [1.807, 2.05) is 0 Å². The molecule has 0 amide bonds. The zero-order valence-corrected chi connectivity index (χ0v) is 20.1. The lowest BCUT2D eigenvalue weighted by Crippen LogP contribution is -2.47. The Bertz CT molecular complexity index is 1110. The summed E-state index contributed by atoms with van der Waals surface area (Å²) in [5.74, 6) is 0.348. The molecule has 2 fully saturated rings. The lowest BCUT2D eigenvalue weighted by Gasteiger charge is -2.35. The van der Waals surface area contributed by atoms with E-state index < -0.39 is 43.9 Å². The second kappa shape index (κ2) is 8.55. The lowest BCUT2D eigenvalue weighted by atomic mass is 9.98. The molecular formula is C19H28FN6O6P. The van der Waals surface area contributed by atoms with Crippen molar-refractivity contribution >= 4 is 30.7 Å². The maximum absolute atomic E-state index is 16.1. The number of rotatable bonds is 6. The number of carbonyl (C=O) groups excluding carboxylic acids is 1. The van der Waals surface area contributed by atoms with Gasteiger partial charge >= 0.3 is 13.7 Å². The Kier molecular flexibility index (Phi) is 6.21. The number of hydrogen-bond acceptors (Lipinski definition) is 10. The summed E-state index contributed by atoms with van der Waals surface area (Å²) in [6, 6.07) is -0.990. The number of esters is 1. The van der Waals surface area contributed by atoms with E-state index in [0.717, 1.165) is 0 Å². The van der Waals surface area contributed by atoms with Gasteiger partial charge in [-0.1, -0.05) is 0 Å². The summed E-state index contributed by atoms with van der Waals surface area (Å²) in [5.41, 5.74) is -1.29. The third kappa shape index (κ3) is 4.35. The Balaban J connectivity index is 1.58. The topological polar surface area (TPSA) is 139 Å². The average Bonchev–Trinajstić information content (AvgIpc) is 3.24. The quantitative estimate of drug-likeness (QED) is 0.459. The summed E-state index contributed by atoms with van der Waals surface area (Å²) < 4.78 is 52.7. The van der Waals surface area contributed by atoms with Crippen molar-refractivity contribution < 1.29 is 32.3 Å². The van der Waals surface area contributed by atoms with E-state index in [0.29, 0.717) is 22.8 Å². The number of aryl methyl sites for hydroxylation is 1. The van der Waals surface area contributed by atoms with Gasteiger partial charge in [-0.15, -0.1) is 0 Å². The first-order chi connectivity index (χ1) is 15.4. The predicted octanol–water partition coefficient (Wildman–Crippen LogP) is 2.26. The van der Waals surface area contributed by atoms with Crippen LogP contribution >= 0.6 is 7.75 Å². The SMILES string of the molecule is CNc1nc(C)nc2c1ncn2[C@@H]1O[C@@H]2COP(=O)(N[C@@H](C)C(=O)OC(C)C)O[C@H]2[C@@]1(C)F. The first-order valence-corrected chi connectivity index (χ1v) is 12.1. The molecule has 0 aromatic carbocycles. The Hall–Kier alpha value is -2.18. The fourth-order valence-corrected chi connectivity index (χ4v) is 5.68. The lowest BCUT2D eigenvalue weighted by molar-refractivity contribution is -0.149. The molecule has 0 saturated carbocycles. The Morgan fingerprint density at radius 3 is 2.79 bits per heavy atom. The number of imidazole rings is 1. The van der Waals surface area contributed by atoms with Crippen LogP contribution in [0.1, 0.15) is 39.7 Å². The van der Waals surface area contributed by atoms with Crippen molar-refractivity contribution in [3.63, 3.8) is 0 Å². The highest BCUT2D eigenvalue weighted by atomic mass is 31.2. The molecule has 0 aliphatic carbocycles. The van der Waals surface area contributed by atoms with Gasteiger partial charge < -0.3 is 14.8 Å². The second-order valence-corrected chi connectivity index (χ2v) is 10.2. The van der Waals surface area contributed by atoms with E-state index >= 15 is 4.39 Å². The number of halogens is 1. The molecule has 2 aliphatic rings. The molecule has 33 heavy (non-hydrogen) atoms. The molecule has 4 rings (SSSR count). The van der Waals surface area contributed by atoms with E-state index in [-0.39, 0.29) is 12.7 Å². The van der Waals surface area contributed by atoms with Crippen molar-refractivity contribution in [3.8, 4) is 0 Å². The molecule has 2 aliphatic heterocycles. The van der Waals surface area contributed by atoms with Crippen LogP contribution in [0.15, 0.2) is 6.33 Å². The molecule has 4 heterocycles. The van der Waals surface area contributed by atoms with Gasteiger partial charge in [0, 0.05) is 7.05 Å². The number of nitrogens with zero attached hydrogens (tertiary/aromatic N) is 4. The number of hydrogen-bond donors (Lipinski definition) is 2. The number of carbonyl (C=O) groups is 1. The number of alkyl halides is 1.